The summed E-state index contributed by atoms with van der Waals surface area (Å²) in [5, 5.41) is 0. The number of hydrogen-bond donors (Lipinski definition) is 1. The molecule has 1 aliphatic heterocycles. The van der Waals surface area contributed by atoms with Crippen LogP contribution in [0.25, 0.3) is 0 Å². The van der Waals surface area contributed by atoms with Crippen molar-refractivity contribution in [1.29, 1.82) is 0 Å². The van der Waals surface area contributed by atoms with Crippen LogP contribution in [0.5, 0.6) is 0 Å². The number of nitrogens with zero attached hydrogens (tertiary/aromatic N) is 1. The van der Waals surface area contributed by atoms with Crippen LogP contribution in [0.2, 0.25) is 0 Å². The summed E-state index contributed by atoms with van der Waals surface area (Å²) in [5.41, 5.74) is 6.70. The SMILES string of the molecule is CCC1COC(C)CN1CC1(N)CCCC(C)C1. The quantitative estimate of drug-likeness (QED) is 0.840. The first-order valence-electron chi connectivity index (χ1n) is 7.67. The van der Waals surface area contributed by atoms with Gasteiger partial charge in [-0.25, -0.2) is 0 Å². The zero-order valence-electron chi connectivity index (χ0n) is 12.3. The Hall–Kier alpha value is -0.120. The molecule has 2 N–H and O–H groups in total. The normalized spacial score (nSPS) is 43.0. The molecule has 0 bridgehead atoms. The van der Waals surface area contributed by atoms with Crippen LogP contribution in [0, 0.1) is 5.92 Å². The highest BCUT2D eigenvalue weighted by Crippen LogP contribution is 2.32. The third kappa shape index (κ3) is 3.46. The number of nitrogens with two attached hydrogens (primary N) is 1. The van der Waals surface area contributed by atoms with E-state index in [-0.39, 0.29) is 5.54 Å². The van der Waals surface area contributed by atoms with Crippen molar-refractivity contribution in [3.05, 3.63) is 0 Å². The molecule has 2 aliphatic rings. The highest BCUT2D eigenvalue weighted by atomic mass is 16.5. The fourth-order valence-electron chi connectivity index (χ4n) is 3.73. The lowest BCUT2D eigenvalue weighted by molar-refractivity contribution is -0.0652. The summed E-state index contributed by atoms with van der Waals surface area (Å²) >= 11 is 0. The maximum Gasteiger partial charge on any atom is 0.0674 e. The van der Waals surface area contributed by atoms with Crippen LogP contribution in [-0.2, 0) is 4.74 Å². The summed E-state index contributed by atoms with van der Waals surface area (Å²) in [6.07, 6.45) is 6.56. The molecule has 0 aromatic rings. The zero-order chi connectivity index (χ0) is 13.2. The van der Waals surface area contributed by atoms with Crippen molar-refractivity contribution < 1.29 is 4.74 Å². The Morgan fingerprint density at radius 2 is 2.17 bits per heavy atom. The Kier molecular flexibility index (Phi) is 4.68. The molecule has 18 heavy (non-hydrogen) atoms. The summed E-state index contributed by atoms with van der Waals surface area (Å²) in [4.78, 5) is 2.59. The molecule has 0 aromatic carbocycles. The van der Waals surface area contributed by atoms with Gasteiger partial charge in [-0.1, -0.05) is 26.7 Å². The average molecular weight is 254 g/mol. The minimum Gasteiger partial charge on any atom is -0.376 e. The molecule has 2 rings (SSSR count). The lowest BCUT2D eigenvalue weighted by Crippen LogP contribution is -2.58. The molecule has 0 amide bonds. The number of ether oxygens (including phenoxy) is 1. The topological polar surface area (TPSA) is 38.5 Å². The first kappa shape index (κ1) is 14.3. The second-order valence-corrected chi connectivity index (χ2v) is 6.70. The molecule has 0 spiro atoms. The van der Waals surface area contributed by atoms with Gasteiger partial charge < -0.3 is 10.5 Å². The second-order valence-electron chi connectivity index (χ2n) is 6.70. The summed E-state index contributed by atoms with van der Waals surface area (Å²) in [6, 6.07) is 0.568. The highest BCUT2D eigenvalue weighted by Gasteiger charge is 2.36. The maximum atomic E-state index is 6.66. The van der Waals surface area contributed by atoms with Gasteiger partial charge in [0.05, 0.1) is 12.7 Å². The Morgan fingerprint density at radius 3 is 2.83 bits per heavy atom. The summed E-state index contributed by atoms with van der Waals surface area (Å²) in [5.74, 6) is 0.794. The Morgan fingerprint density at radius 1 is 1.39 bits per heavy atom. The van der Waals surface area contributed by atoms with Crippen molar-refractivity contribution in [2.75, 3.05) is 19.7 Å². The highest BCUT2D eigenvalue weighted by molar-refractivity contribution is 4.94. The van der Waals surface area contributed by atoms with Crippen LogP contribution < -0.4 is 5.73 Å². The van der Waals surface area contributed by atoms with Gasteiger partial charge in [0.2, 0.25) is 0 Å². The smallest absolute Gasteiger partial charge is 0.0674 e. The van der Waals surface area contributed by atoms with Crippen LogP contribution in [-0.4, -0.2) is 42.3 Å². The lowest BCUT2D eigenvalue weighted by atomic mass is 9.76. The molecule has 0 aromatic heterocycles. The minimum absolute atomic E-state index is 0.0438. The molecule has 0 radical (unpaired) electrons. The van der Waals surface area contributed by atoms with E-state index in [0.717, 1.165) is 25.6 Å². The van der Waals surface area contributed by atoms with Gasteiger partial charge in [0.15, 0.2) is 0 Å². The average Bonchev–Trinajstić information content (AvgIpc) is 2.28. The van der Waals surface area contributed by atoms with Gasteiger partial charge in [-0.2, -0.15) is 0 Å². The standard InChI is InChI=1S/C15H30N2O/c1-4-14-10-18-13(3)9-17(14)11-15(16)7-5-6-12(2)8-15/h12-14H,4-11,16H2,1-3H3. The van der Waals surface area contributed by atoms with E-state index in [1.807, 2.05) is 0 Å². The van der Waals surface area contributed by atoms with E-state index >= 15 is 0 Å². The molecule has 1 saturated carbocycles. The van der Waals surface area contributed by atoms with Crippen LogP contribution in [0.15, 0.2) is 0 Å². The van der Waals surface area contributed by atoms with Gasteiger partial charge in [0.1, 0.15) is 0 Å². The van der Waals surface area contributed by atoms with Crippen molar-refractivity contribution in [3.63, 3.8) is 0 Å². The Balaban J connectivity index is 1.96. The lowest BCUT2D eigenvalue weighted by Gasteiger charge is -2.45. The Bertz CT molecular complexity index is 271. The second kappa shape index (κ2) is 5.89. The van der Waals surface area contributed by atoms with E-state index in [9.17, 15) is 0 Å². The summed E-state index contributed by atoms with van der Waals surface area (Å²) < 4.78 is 5.77. The van der Waals surface area contributed by atoms with E-state index in [1.165, 1.54) is 32.1 Å². The van der Waals surface area contributed by atoms with Gasteiger partial charge in [-0.3, -0.25) is 4.90 Å². The van der Waals surface area contributed by atoms with Crippen molar-refractivity contribution in [3.8, 4) is 0 Å². The minimum atomic E-state index is 0.0438. The van der Waals surface area contributed by atoms with Crippen LogP contribution >= 0.6 is 0 Å². The van der Waals surface area contributed by atoms with Crippen molar-refractivity contribution in [2.24, 2.45) is 11.7 Å². The zero-order valence-corrected chi connectivity index (χ0v) is 12.3. The third-order valence-corrected chi connectivity index (χ3v) is 4.70. The predicted octanol–water partition coefficient (Wildman–Crippen LogP) is 2.39. The van der Waals surface area contributed by atoms with Gasteiger partial charge in [0, 0.05) is 24.7 Å². The molecule has 4 unspecified atom stereocenters. The van der Waals surface area contributed by atoms with Crippen molar-refractivity contribution in [2.45, 2.75) is 70.6 Å². The van der Waals surface area contributed by atoms with E-state index in [0.29, 0.717) is 12.1 Å². The number of rotatable bonds is 3. The monoisotopic (exact) mass is 254 g/mol. The van der Waals surface area contributed by atoms with Gasteiger partial charge in [0.25, 0.3) is 0 Å². The first-order valence-corrected chi connectivity index (χ1v) is 7.67. The van der Waals surface area contributed by atoms with Gasteiger partial charge >= 0.3 is 0 Å². The molecular formula is C15H30N2O. The molecule has 4 atom stereocenters. The largest absolute Gasteiger partial charge is 0.376 e. The number of morpholine rings is 1. The van der Waals surface area contributed by atoms with Crippen molar-refractivity contribution in [1.82, 2.24) is 4.90 Å². The first-order chi connectivity index (χ1) is 8.52. The van der Waals surface area contributed by atoms with E-state index in [1.54, 1.807) is 0 Å². The van der Waals surface area contributed by atoms with Crippen LogP contribution in [0.4, 0.5) is 0 Å². The van der Waals surface area contributed by atoms with E-state index in [2.05, 4.69) is 25.7 Å². The molecule has 3 nitrogen and oxygen atoms in total. The van der Waals surface area contributed by atoms with Gasteiger partial charge in [-0.15, -0.1) is 0 Å². The fraction of sp³-hybridized carbons (Fsp3) is 1.00. The molecule has 1 aliphatic carbocycles. The van der Waals surface area contributed by atoms with Crippen LogP contribution in [0.1, 0.15) is 52.9 Å². The Labute approximate surface area is 112 Å². The molecule has 1 saturated heterocycles. The molecule has 2 fully saturated rings. The molecular weight excluding hydrogens is 224 g/mol. The van der Waals surface area contributed by atoms with E-state index in [4.69, 9.17) is 10.5 Å². The van der Waals surface area contributed by atoms with Gasteiger partial charge in [-0.05, 0) is 32.1 Å². The van der Waals surface area contributed by atoms with Crippen molar-refractivity contribution >= 4 is 0 Å². The predicted molar refractivity (Wildman–Crippen MR) is 75.6 cm³/mol. The maximum absolute atomic E-state index is 6.66. The molecule has 1 heterocycles. The van der Waals surface area contributed by atoms with Crippen LogP contribution in [0.3, 0.4) is 0 Å². The number of hydrogen-bond acceptors (Lipinski definition) is 3. The molecule has 106 valence electrons. The summed E-state index contributed by atoms with van der Waals surface area (Å²) in [6.45, 7) is 9.76. The van der Waals surface area contributed by atoms with E-state index < -0.39 is 0 Å². The fourth-order valence-corrected chi connectivity index (χ4v) is 3.73. The molecule has 3 heteroatoms. The summed E-state index contributed by atoms with van der Waals surface area (Å²) in [7, 11) is 0. The third-order valence-electron chi connectivity index (χ3n) is 4.70.